The van der Waals surface area contributed by atoms with Crippen LogP contribution >= 0.6 is 23.2 Å². The third kappa shape index (κ3) is 2.99. The molecule has 0 aromatic carbocycles. The molecule has 0 saturated carbocycles. The molecule has 0 spiro atoms. The second-order valence-corrected chi connectivity index (χ2v) is 5.44. The number of carbonyl (C=O) groups excluding carboxylic acids is 1. The summed E-state index contributed by atoms with van der Waals surface area (Å²) in [5.41, 5.74) is 6.01. The number of piperidine rings is 1. The van der Waals surface area contributed by atoms with E-state index in [1.165, 1.54) is 0 Å². The monoisotopic (exact) mass is 289 g/mol. The molecule has 1 aliphatic rings. The van der Waals surface area contributed by atoms with Gasteiger partial charge < -0.3 is 15.6 Å². The van der Waals surface area contributed by atoms with E-state index in [4.69, 9.17) is 28.9 Å². The van der Waals surface area contributed by atoms with Gasteiger partial charge in [0.25, 0.3) is 5.91 Å². The molecule has 1 saturated heterocycles. The number of hydrogen-bond donors (Lipinski definition) is 2. The lowest BCUT2D eigenvalue weighted by atomic mass is 9.93. The van der Waals surface area contributed by atoms with Crippen LogP contribution in [0.3, 0.4) is 0 Å². The van der Waals surface area contributed by atoms with Crippen LogP contribution in [0, 0.1) is 5.92 Å². The minimum atomic E-state index is -0.0324. The minimum Gasteiger partial charge on any atom is -0.340 e. The highest BCUT2D eigenvalue weighted by molar-refractivity contribution is 6.41. The molecule has 100 valence electrons. The van der Waals surface area contributed by atoms with Crippen LogP contribution in [0.4, 0.5) is 0 Å². The van der Waals surface area contributed by atoms with Crippen molar-refractivity contribution in [3.05, 3.63) is 21.9 Å². The predicted molar refractivity (Wildman–Crippen MR) is 73.1 cm³/mol. The second kappa shape index (κ2) is 5.95. The summed E-state index contributed by atoms with van der Waals surface area (Å²) in [5, 5.41) is 0.705. The lowest BCUT2D eigenvalue weighted by Crippen LogP contribution is -2.39. The number of nitrogens with two attached hydrogens (primary N) is 1. The van der Waals surface area contributed by atoms with Crippen LogP contribution < -0.4 is 5.73 Å². The number of carbonyl (C=O) groups is 1. The third-order valence-corrected chi connectivity index (χ3v) is 4.13. The molecule has 1 aliphatic heterocycles. The standard InChI is InChI=1S/C12H17Cl2N3O/c13-9-7-10(16-11(9)14)12(18)17-5-2-8(1-4-15)3-6-17/h7-8,16H,1-6,15H2. The van der Waals surface area contributed by atoms with Gasteiger partial charge in [0.15, 0.2) is 0 Å². The Kier molecular flexibility index (Phi) is 4.54. The van der Waals surface area contributed by atoms with Crippen LogP contribution in [0.1, 0.15) is 29.8 Å². The first-order valence-electron chi connectivity index (χ1n) is 6.15. The summed E-state index contributed by atoms with van der Waals surface area (Å²) in [7, 11) is 0. The fourth-order valence-corrected chi connectivity index (χ4v) is 2.66. The molecule has 0 unspecified atom stereocenters. The molecule has 2 heterocycles. The number of nitrogens with one attached hydrogen (secondary N) is 1. The van der Waals surface area contributed by atoms with E-state index in [1.54, 1.807) is 6.07 Å². The molecule has 0 atom stereocenters. The van der Waals surface area contributed by atoms with Crippen LogP contribution in [0.5, 0.6) is 0 Å². The van der Waals surface area contributed by atoms with Gasteiger partial charge in [0, 0.05) is 13.1 Å². The Hall–Kier alpha value is -0.710. The summed E-state index contributed by atoms with van der Waals surface area (Å²) in [6, 6.07) is 1.58. The summed E-state index contributed by atoms with van der Waals surface area (Å²) in [4.78, 5) is 16.8. The van der Waals surface area contributed by atoms with E-state index >= 15 is 0 Å². The molecule has 1 aromatic rings. The molecule has 4 nitrogen and oxygen atoms in total. The zero-order valence-corrected chi connectivity index (χ0v) is 11.6. The lowest BCUT2D eigenvalue weighted by molar-refractivity contribution is 0.0682. The third-order valence-electron chi connectivity index (χ3n) is 3.43. The quantitative estimate of drug-likeness (QED) is 0.898. The van der Waals surface area contributed by atoms with Crippen molar-refractivity contribution in [2.75, 3.05) is 19.6 Å². The molecular weight excluding hydrogens is 273 g/mol. The first kappa shape index (κ1) is 13.7. The normalized spacial score (nSPS) is 17.2. The topological polar surface area (TPSA) is 62.1 Å². The highest BCUT2D eigenvalue weighted by Crippen LogP contribution is 2.25. The van der Waals surface area contributed by atoms with Gasteiger partial charge in [-0.15, -0.1) is 0 Å². The summed E-state index contributed by atoms with van der Waals surface area (Å²) in [5.74, 6) is 0.616. The number of hydrogen-bond acceptors (Lipinski definition) is 2. The SMILES string of the molecule is NCCC1CCN(C(=O)c2cc(Cl)c(Cl)[nH]2)CC1. The van der Waals surface area contributed by atoms with Crippen molar-refractivity contribution in [3.8, 4) is 0 Å². The summed E-state index contributed by atoms with van der Waals surface area (Å²) in [6.07, 6.45) is 3.08. The number of rotatable bonds is 3. The van der Waals surface area contributed by atoms with Crippen molar-refractivity contribution >= 4 is 29.1 Å². The van der Waals surface area contributed by atoms with E-state index in [0.717, 1.165) is 38.9 Å². The number of aromatic nitrogens is 1. The summed E-state index contributed by atoms with van der Waals surface area (Å²) in [6.45, 7) is 2.27. The van der Waals surface area contributed by atoms with E-state index in [2.05, 4.69) is 4.98 Å². The van der Waals surface area contributed by atoms with E-state index in [0.29, 0.717) is 21.8 Å². The van der Waals surface area contributed by atoms with Crippen molar-refractivity contribution in [1.82, 2.24) is 9.88 Å². The van der Waals surface area contributed by atoms with Crippen LogP contribution in [0.15, 0.2) is 6.07 Å². The average molecular weight is 290 g/mol. The van der Waals surface area contributed by atoms with Crippen molar-refractivity contribution in [2.24, 2.45) is 11.7 Å². The first-order valence-corrected chi connectivity index (χ1v) is 6.90. The van der Waals surface area contributed by atoms with Gasteiger partial charge in [0.05, 0.1) is 5.02 Å². The maximum Gasteiger partial charge on any atom is 0.270 e. The molecule has 2 rings (SSSR count). The molecule has 3 N–H and O–H groups in total. The van der Waals surface area contributed by atoms with Gasteiger partial charge in [-0.1, -0.05) is 23.2 Å². The Morgan fingerprint density at radius 3 is 2.61 bits per heavy atom. The predicted octanol–water partition coefficient (Wildman–Crippen LogP) is 2.52. The zero-order valence-electron chi connectivity index (χ0n) is 10.1. The number of H-pyrrole nitrogens is 1. The van der Waals surface area contributed by atoms with Crippen LogP contribution in [0.2, 0.25) is 10.2 Å². The highest BCUT2D eigenvalue weighted by Gasteiger charge is 2.24. The van der Waals surface area contributed by atoms with Gasteiger partial charge >= 0.3 is 0 Å². The van der Waals surface area contributed by atoms with Crippen LogP contribution in [0.25, 0.3) is 0 Å². The average Bonchev–Trinajstić information content (AvgIpc) is 2.70. The molecular formula is C12H17Cl2N3O. The Balaban J connectivity index is 1.95. The first-order chi connectivity index (χ1) is 8.61. The molecule has 0 radical (unpaired) electrons. The number of likely N-dealkylation sites (tertiary alicyclic amines) is 1. The maximum atomic E-state index is 12.2. The van der Waals surface area contributed by atoms with Crippen LogP contribution in [-0.4, -0.2) is 35.4 Å². The van der Waals surface area contributed by atoms with E-state index in [-0.39, 0.29) is 5.91 Å². The van der Waals surface area contributed by atoms with Gasteiger partial charge in [0.2, 0.25) is 0 Å². The smallest absolute Gasteiger partial charge is 0.270 e. The zero-order chi connectivity index (χ0) is 13.1. The van der Waals surface area contributed by atoms with E-state index in [1.807, 2.05) is 4.90 Å². The number of nitrogens with zero attached hydrogens (tertiary/aromatic N) is 1. The molecule has 6 heteroatoms. The largest absolute Gasteiger partial charge is 0.340 e. The Morgan fingerprint density at radius 1 is 1.44 bits per heavy atom. The van der Waals surface area contributed by atoms with Gasteiger partial charge in [0.1, 0.15) is 10.8 Å². The van der Waals surface area contributed by atoms with Gasteiger partial charge in [-0.25, -0.2) is 0 Å². The second-order valence-electron chi connectivity index (χ2n) is 4.66. The summed E-state index contributed by atoms with van der Waals surface area (Å²) < 4.78 is 0. The van der Waals surface area contributed by atoms with Gasteiger partial charge in [-0.2, -0.15) is 0 Å². The summed E-state index contributed by atoms with van der Waals surface area (Å²) >= 11 is 11.6. The van der Waals surface area contributed by atoms with Crippen molar-refractivity contribution < 1.29 is 4.79 Å². The van der Waals surface area contributed by atoms with Crippen molar-refractivity contribution in [2.45, 2.75) is 19.3 Å². The number of aromatic amines is 1. The molecule has 1 aromatic heterocycles. The molecule has 0 aliphatic carbocycles. The highest BCUT2D eigenvalue weighted by atomic mass is 35.5. The number of halogens is 2. The van der Waals surface area contributed by atoms with Crippen molar-refractivity contribution in [3.63, 3.8) is 0 Å². The fraction of sp³-hybridized carbons (Fsp3) is 0.583. The maximum absolute atomic E-state index is 12.2. The van der Waals surface area contributed by atoms with E-state index in [9.17, 15) is 4.79 Å². The van der Waals surface area contributed by atoms with Crippen molar-refractivity contribution in [1.29, 1.82) is 0 Å². The molecule has 0 bridgehead atoms. The Bertz CT molecular complexity index is 405. The van der Waals surface area contributed by atoms with E-state index < -0.39 is 0 Å². The molecule has 1 amide bonds. The molecule has 1 fully saturated rings. The van der Waals surface area contributed by atoms with Gasteiger partial charge in [-0.3, -0.25) is 4.79 Å². The lowest BCUT2D eigenvalue weighted by Gasteiger charge is -2.31. The van der Waals surface area contributed by atoms with Gasteiger partial charge in [-0.05, 0) is 37.8 Å². The minimum absolute atomic E-state index is 0.0324. The number of amides is 1. The molecule has 18 heavy (non-hydrogen) atoms. The van der Waals surface area contributed by atoms with Crippen LogP contribution in [-0.2, 0) is 0 Å². The fourth-order valence-electron chi connectivity index (χ4n) is 2.35. The Labute approximate surface area is 116 Å². The Morgan fingerprint density at radius 2 is 2.11 bits per heavy atom.